The number of rotatable bonds is 8. The summed E-state index contributed by atoms with van der Waals surface area (Å²) in [5, 5.41) is 11.9. The monoisotopic (exact) mass is 568 g/mol. The number of ether oxygens (including phenoxy) is 3. The van der Waals surface area contributed by atoms with E-state index in [4.69, 9.17) is 37.4 Å². The van der Waals surface area contributed by atoms with Crippen molar-refractivity contribution in [1.29, 1.82) is 0 Å². The number of aromatic nitrogens is 1. The first-order valence-electron chi connectivity index (χ1n) is 12.8. The predicted molar refractivity (Wildman–Crippen MR) is 152 cm³/mol. The maximum absolute atomic E-state index is 13.4. The van der Waals surface area contributed by atoms with Crippen molar-refractivity contribution in [2.75, 3.05) is 19.8 Å². The van der Waals surface area contributed by atoms with Crippen LogP contribution in [0, 0.1) is 0 Å². The van der Waals surface area contributed by atoms with Crippen molar-refractivity contribution in [3.8, 4) is 11.5 Å². The number of fused-ring (bicyclic) bond motifs is 3. The van der Waals surface area contributed by atoms with Crippen LogP contribution in [-0.4, -0.2) is 46.6 Å². The number of hydrogen-bond donors (Lipinski definition) is 2. The molecule has 0 saturated heterocycles. The van der Waals surface area contributed by atoms with Gasteiger partial charge in [-0.25, -0.2) is 4.79 Å². The molecule has 5 rings (SSSR count). The van der Waals surface area contributed by atoms with Gasteiger partial charge in [0.2, 0.25) is 0 Å². The number of carbonyl (C=O) groups excluding carboxylic acids is 1. The number of nitrogens with one attached hydrogen (secondary N) is 1. The highest BCUT2D eigenvalue weighted by atomic mass is 35.5. The Morgan fingerprint density at radius 2 is 1.69 bits per heavy atom. The standard InChI is InChI=1S/C30H30Cl2N2O5/c1-30(2,36)38-17-3-16-37-22-9-4-19(5-10-22)28-27-24(25-18-21(32)8-13-26(25)33-27)14-15-34(28)29(35)39-23-11-6-20(31)7-12-23/h4-13,18,28,33,36H,3,14-17H2,1-2H3. The molecule has 0 bridgehead atoms. The second-order valence-electron chi connectivity index (χ2n) is 9.94. The Kier molecular flexibility index (Phi) is 8.05. The summed E-state index contributed by atoms with van der Waals surface area (Å²) in [7, 11) is 0. The van der Waals surface area contributed by atoms with E-state index in [1.807, 2.05) is 42.5 Å². The summed E-state index contributed by atoms with van der Waals surface area (Å²) < 4.78 is 16.9. The van der Waals surface area contributed by atoms with E-state index in [2.05, 4.69) is 4.98 Å². The first kappa shape index (κ1) is 27.3. The molecule has 39 heavy (non-hydrogen) atoms. The summed E-state index contributed by atoms with van der Waals surface area (Å²) in [5.74, 6) is -0.0267. The third kappa shape index (κ3) is 6.50. The van der Waals surface area contributed by atoms with Gasteiger partial charge in [-0.2, -0.15) is 0 Å². The van der Waals surface area contributed by atoms with Gasteiger partial charge in [0, 0.05) is 39.6 Å². The molecule has 0 spiro atoms. The fourth-order valence-electron chi connectivity index (χ4n) is 4.78. The minimum atomic E-state index is -1.16. The fraction of sp³-hybridized carbons (Fsp3) is 0.300. The Hall–Kier alpha value is -3.23. The van der Waals surface area contributed by atoms with Crippen molar-refractivity contribution in [2.24, 2.45) is 0 Å². The molecular weight excluding hydrogens is 539 g/mol. The van der Waals surface area contributed by atoms with Gasteiger partial charge < -0.3 is 24.3 Å². The maximum atomic E-state index is 13.4. The topological polar surface area (TPSA) is 84.0 Å². The zero-order valence-electron chi connectivity index (χ0n) is 21.7. The lowest BCUT2D eigenvalue weighted by Crippen LogP contribution is -2.42. The molecule has 204 valence electrons. The molecule has 0 aliphatic carbocycles. The number of hydrogen-bond acceptors (Lipinski definition) is 5. The van der Waals surface area contributed by atoms with Crippen LogP contribution >= 0.6 is 23.2 Å². The molecule has 0 fully saturated rings. The molecule has 9 heteroatoms. The fourth-order valence-corrected chi connectivity index (χ4v) is 5.08. The van der Waals surface area contributed by atoms with Crippen LogP contribution in [0.2, 0.25) is 10.0 Å². The second kappa shape index (κ2) is 11.5. The molecule has 3 aromatic carbocycles. The van der Waals surface area contributed by atoms with E-state index >= 15 is 0 Å². The Morgan fingerprint density at radius 3 is 2.41 bits per heavy atom. The zero-order valence-corrected chi connectivity index (χ0v) is 23.3. The van der Waals surface area contributed by atoms with Gasteiger partial charge >= 0.3 is 6.09 Å². The van der Waals surface area contributed by atoms with Gasteiger partial charge in [-0.3, -0.25) is 4.90 Å². The van der Waals surface area contributed by atoms with E-state index < -0.39 is 17.9 Å². The molecule has 7 nitrogen and oxygen atoms in total. The lowest BCUT2D eigenvalue weighted by atomic mass is 9.92. The summed E-state index contributed by atoms with van der Waals surface area (Å²) in [6.45, 7) is 4.51. The molecule has 1 amide bonds. The zero-order chi connectivity index (χ0) is 27.6. The normalized spacial score (nSPS) is 15.3. The minimum absolute atomic E-state index is 0.390. The lowest BCUT2D eigenvalue weighted by Gasteiger charge is -2.35. The van der Waals surface area contributed by atoms with Crippen LogP contribution in [0.25, 0.3) is 10.9 Å². The molecule has 1 unspecified atom stereocenters. The van der Waals surface area contributed by atoms with E-state index in [-0.39, 0.29) is 0 Å². The van der Waals surface area contributed by atoms with E-state index in [9.17, 15) is 9.90 Å². The number of H-pyrrole nitrogens is 1. The van der Waals surface area contributed by atoms with Gasteiger partial charge in [-0.1, -0.05) is 35.3 Å². The van der Waals surface area contributed by atoms with E-state index in [0.717, 1.165) is 27.7 Å². The predicted octanol–water partition coefficient (Wildman–Crippen LogP) is 7.14. The van der Waals surface area contributed by atoms with Crippen molar-refractivity contribution >= 4 is 40.2 Å². The van der Waals surface area contributed by atoms with Crippen LogP contribution in [0.15, 0.2) is 66.7 Å². The number of benzene rings is 3. The quantitative estimate of drug-likeness (QED) is 0.174. The summed E-state index contributed by atoms with van der Waals surface area (Å²) >= 11 is 12.3. The third-order valence-electron chi connectivity index (χ3n) is 6.55. The van der Waals surface area contributed by atoms with Gasteiger partial charge in [0.05, 0.1) is 13.2 Å². The van der Waals surface area contributed by atoms with Gasteiger partial charge in [0.15, 0.2) is 5.79 Å². The lowest BCUT2D eigenvalue weighted by molar-refractivity contribution is -0.176. The van der Waals surface area contributed by atoms with Crippen molar-refractivity contribution < 1.29 is 24.1 Å². The highest BCUT2D eigenvalue weighted by Crippen LogP contribution is 2.40. The van der Waals surface area contributed by atoms with Crippen LogP contribution in [-0.2, 0) is 11.2 Å². The van der Waals surface area contributed by atoms with E-state index in [1.54, 1.807) is 43.0 Å². The van der Waals surface area contributed by atoms with Crippen LogP contribution < -0.4 is 9.47 Å². The molecule has 0 radical (unpaired) electrons. The molecule has 2 heterocycles. The molecular formula is C30H30Cl2N2O5. The van der Waals surface area contributed by atoms with E-state index in [0.29, 0.717) is 54.1 Å². The van der Waals surface area contributed by atoms with E-state index in [1.165, 1.54) is 0 Å². The smallest absolute Gasteiger partial charge is 0.416 e. The average molecular weight is 569 g/mol. The van der Waals surface area contributed by atoms with Gasteiger partial charge in [-0.05, 0) is 86.0 Å². The Balaban J connectivity index is 1.39. The van der Waals surface area contributed by atoms with Gasteiger partial charge in [-0.15, -0.1) is 0 Å². The molecule has 4 aromatic rings. The molecule has 2 N–H and O–H groups in total. The first-order chi connectivity index (χ1) is 18.7. The maximum Gasteiger partial charge on any atom is 0.416 e. The second-order valence-corrected chi connectivity index (χ2v) is 10.8. The van der Waals surface area contributed by atoms with Crippen molar-refractivity contribution in [1.82, 2.24) is 9.88 Å². The van der Waals surface area contributed by atoms with Crippen LogP contribution in [0.1, 0.15) is 43.1 Å². The van der Waals surface area contributed by atoms with Crippen molar-refractivity contribution in [3.63, 3.8) is 0 Å². The first-order valence-corrected chi connectivity index (χ1v) is 13.6. The Labute approximate surface area is 237 Å². The number of halogens is 2. The Morgan fingerprint density at radius 1 is 1.00 bits per heavy atom. The summed E-state index contributed by atoms with van der Waals surface area (Å²) in [5.41, 5.74) is 3.96. The number of carbonyl (C=O) groups is 1. The molecule has 1 aliphatic heterocycles. The Bertz CT molecular complexity index is 1450. The third-order valence-corrected chi connectivity index (χ3v) is 7.04. The van der Waals surface area contributed by atoms with Crippen LogP contribution in [0.3, 0.4) is 0 Å². The molecule has 1 aliphatic rings. The van der Waals surface area contributed by atoms with Crippen molar-refractivity contribution in [3.05, 3.63) is 93.6 Å². The molecule has 1 atom stereocenters. The number of aliphatic hydroxyl groups is 1. The number of aromatic amines is 1. The largest absolute Gasteiger partial charge is 0.494 e. The highest BCUT2D eigenvalue weighted by Gasteiger charge is 2.35. The molecule has 0 saturated carbocycles. The average Bonchev–Trinajstić information content (AvgIpc) is 3.27. The highest BCUT2D eigenvalue weighted by molar-refractivity contribution is 6.31. The summed E-state index contributed by atoms with van der Waals surface area (Å²) in [6.07, 6.45) is 0.854. The SMILES string of the molecule is CC(C)(O)OCCCOc1ccc(C2c3[nH]c4ccc(Cl)cc4c3CCN2C(=O)Oc2ccc(Cl)cc2)cc1. The van der Waals surface area contributed by atoms with Crippen LogP contribution in [0.5, 0.6) is 11.5 Å². The van der Waals surface area contributed by atoms with Gasteiger partial charge in [0.1, 0.15) is 17.5 Å². The summed E-state index contributed by atoms with van der Waals surface area (Å²) in [4.78, 5) is 18.7. The molecule has 1 aromatic heterocycles. The van der Waals surface area contributed by atoms with Crippen molar-refractivity contribution in [2.45, 2.75) is 38.5 Å². The van der Waals surface area contributed by atoms with Crippen LogP contribution in [0.4, 0.5) is 4.79 Å². The number of nitrogens with zero attached hydrogens (tertiary/aromatic N) is 1. The summed E-state index contributed by atoms with van der Waals surface area (Å²) in [6, 6.07) is 19.8. The number of amides is 1. The minimum Gasteiger partial charge on any atom is -0.494 e. The van der Waals surface area contributed by atoms with Gasteiger partial charge in [0.25, 0.3) is 0 Å².